The monoisotopic (exact) mass is 356 g/mol. The molecule has 2 atom stereocenters. The lowest BCUT2D eigenvalue weighted by Crippen LogP contribution is -2.29. The van der Waals surface area contributed by atoms with Gasteiger partial charge in [0, 0.05) is 37.5 Å². The lowest BCUT2D eigenvalue weighted by molar-refractivity contribution is 0.0736. The molecule has 4 rings (SSSR count). The second-order valence-electron chi connectivity index (χ2n) is 7.43. The van der Waals surface area contributed by atoms with E-state index in [4.69, 9.17) is 9.26 Å². The molecule has 0 N–H and O–H groups in total. The van der Waals surface area contributed by atoms with Crippen molar-refractivity contribution in [3.63, 3.8) is 0 Å². The minimum absolute atomic E-state index is 0.0107. The molecule has 1 saturated heterocycles. The Hall–Kier alpha value is -2.28. The Morgan fingerprint density at radius 2 is 2.12 bits per heavy atom. The van der Waals surface area contributed by atoms with Gasteiger partial charge in [0.25, 0.3) is 5.91 Å². The maximum Gasteiger partial charge on any atom is 0.255 e. The van der Waals surface area contributed by atoms with Crippen LogP contribution >= 0.6 is 0 Å². The number of nitrogens with zero attached hydrogens (tertiary/aromatic N) is 4. The quantitative estimate of drug-likeness (QED) is 0.790. The van der Waals surface area contributed by atoms with Crippen LogP contribution in [0.2, 0.25) is 0 Å². The molecule has 2 aromatic heterocycles. The van der Waals surface area contributed by atoms with E-state index in [1.54, 1.807) is 13.1 Å². The minimum Gasteiger partial charge on any atom is -0.381 e. The fraction of sp³-hybridized carbons (Fsp3) is 0.579. The van der Waals surface area contributed by atoms with Crippen molar-refractivity contribution >= 4 is 5.91 Å². The second kappa shape index (κ2) is 7.15. The Morgan fingerprint density at radius 1 is 1.27 bits per heavy atom. The van der Waals surface area contributed by atoms with Crippen molar-refractivity contribution in [3.05, 3.63) is 41.3 Å². The number of ether oxygens (including phenoxy) is 1. The van der Waals surface area contributed by atoms with Gasteiger partial charge in [0.15, 0.2) is 5.82 Å². The predicted molar refractivity (Wildman–Crippen MR) is 93.7 cm³/mol. The topological polar surface area (TPSA) is 81.4 Å². The zero-order chi connectivity index (χ0) is 18.1. The third kappa shape index (κ3) is 3.77. The first kappa shape index (κ1) is 17.1. The van der Waals surface area contributed by atoms with Gasteiger partial charge in [-0.3, -0.25) is 9.78 Å². The zero-order valence-electron chi connectivity index (χ0n) is 15.2. The van der Waals surface area contributed by atoms with Crippen molar-refractivity contribution in [1.29, 1.82) is 0 Å². The first-order valence-corrected chi connectivity index (χ1v) is 9.20. The SMILES string of the molecule is Cc1ccc(C(=O)N2C[C@@H](COCC3CC3)[C@H](c3nc(C)no3)C2)cn1. The van der Waals surface area contributed by atoms with Crippen LogP contribution in [0.25, 0.3) is 0 Å². The molecule has 1 aliphatic heterocycles. The standard InChI is InChI=1S/C19H24N4O3/c1-12-3-6-15(7-20-12)19(24)23-8-16(11-25-10-14-4-5-14)17(9-23)18-21-13(2)22-26-18/h3,6-7,14,16-17H,4-5,8-11H2,1-2H3/t16-,17+/m0/s1. The summed E-state index contributed by atoms with van der Waals surface area (Å²) in [6, 6.07) is 3.69. The average molecular weight is 356 g/mol. The van der Waals surface area contributed by atoms with Crippen molar-refractivity contribution < 1.29 is 14.1 Å². The van der Waals surface area contributed by atoms with E-state index in [1.807, 2.05) is 24.0 Å². The van der Waals surface area contributed by atoms with E-state index in [-0.39, 0.29) is 17.7 Å². The smallest absolute Gasteiger partial charge is 0.255 e. The molecule has 2 aromatic rings. The molecule has 0 bridgehead atoms. The summed E-state index contributed by atoms with van der Waals surface area (Å²) in [5, 5.41) is 3.91. The summed E-state index contributed by atoms with van der Waals surface area (Å²) in [4.78, 5) is 23.3. The van der Waals surface area contributed by atoms with Crippen molar-refractivity contribution in [2.45, 2.75) is 32.6 Å². The van der Waals surface area contributed by atoms with Gasteiger partial charge < -0.3 is 14.2 Å². The number of carbonyl (C=O) groups is 1. The largest absolute Gasteiger partial charge is 0.381 e. The van der Waals surface area contributed by atoms with Gasteiger partial charge in [-0.1, -0.05) is 5.16 Å². The van der Waals surface area contributed by atoms with Crippen LogP contribution in [0, 0.1) is 25.7 Å². The molecular formula is C19H24N4O3. The van der Waals surface area contributed by atoms with Gasteiger partial charge in [-0.2, -0.15) is 4.98 Å². The molecule has 0 spiro atoms. The van der Waals surface area contributed by atoms with Gasteiger partial charge in [-0.15, -0.1) is 0 Å². The van der Waals surface area contributed by atoms with Crippen LogP contribution in [0.15, 0.2) is 22.9 Å². The fourth-order valence-corrected chi connectivity index (χ4v) is 3.40. The summed E-state index contributed by atoms with van der Waals surface area (Å²) < 4.78 is 11.3. The summed E-state index contributed by atoms with van der Waals surface area (Å²) in [5.41, 5.74) is 1.50. The number of hydrogen-bond donors (Lipinski definition) is 0. The number of aromatic nitrogens is 3. The van der Waals surface area contributed by atoms with Crippen LogP contribution in [0.1, 0.15) is 46.5 Å². The van der Waals surface area contributed by atoms with Crippen LogP contribution in [-0.2, 0) is 4.74 Å². The highest BCUT2D eigenvalue weighted by Gasteiger charge is 2.40. The summed E-state index contributed by atoms with van der Waals surface area (Å²) >= 11 is 0. The van der Waals surface area contributed by atoms with Gasteiger partial charge in [-0.05, 0) is 44.7 Å². The van der Waals surface area contributed by atoms with Crippen LogP contribution in [0.3, 0.4) is 0 Å². The number of amides is 1. The highest BCUT2D eigenvalue weighted by Crippen LogP contribution is 2.34. The van der Waals surface area contributed by atoms with Crippen molar-refractivity contribution in [2.75, 3.05) is 26.3 Å². The lowest BCUT2D eigenvalue weighted by Gasteiger charge is -2.16. The highest BCUT2D eigenvalue weighted by molar-refractivity contribution is 5.94. The molecule has 0 radical (unpaired) electrons. The summed E-state index contributed by atoms with van der Waals surface area (Å²) in [6.07, 6.45) is 4.17. The third-order valence-electron chi connectivity index (χ3n) is 5.13. The highest BCUT2D eigenvalue weighted by atomic mass is 16.5. The van der Waals surface area contributed by atoms with Gasteiger partial charge in [0.2, 0.25) is 5.89 Å². The zero-order valence-corrected chi connectivity index (χ0v) is 15.2. The second-order valence-corrected chi connectivity index (χ2v) is 7.43. The minimum atomic E-state index is -0.0107. The van der Waals surface area contributed by atoms with E-state index in [2.05, 4.69) is 15.1 Å². The van der Waals surface area contributed by atoms with E-state index in [0.717, 1.165) is 18.2 Å². The molecule has 1 amide bonds. The van der Waals surface area contributed by atoms with E-state index in [9.17, 15) is 4.79 Å². The summed E-state index contributed by atoms with van der Waals surface area (Å²) in [6.45, 7) is 6.32. The number of rotatable bonds is 6. The molecule has 3 heterocycles. The maximum atomic E-state index is 12.9. The van der Waals surface area contributed by atoms with E-state index in [1.165, 1.54) is 12.8 Å². The number of aryl methyl sites for hydroxylation is 2. The Labute approximate surface area is 152 Å². The summed E-state index contributed by atoms with van der Waals surface area (Å²) in [5.74, 6) is 2.10. The Morgan fingerprint density at radius 3 is 2.77 bits per heavy atom. The van der Waals surface area contributed by atoms with Crippen LogP contribution < -0.4 is 0 Å². The van der Waals surface area contributed by atoms with Crippen LogP contribution in [0.5, 0.6) is 0 Å². The first-order chi connectivity index (χ1) is 12.6. The van der Waals surface area contributed by atoms with E-state index >= 15 is 0 Å². The lowest BCUT2D eigenvalue weighted by atomic mass is 9.97. The fourth-order valence-electron chi connectivity index (χ4n) is 3.40. The molecule has 0 unspecified atom stereocenters. The first-order valence-electron chi connectivity index (χ1n) is 9.20. The van der Waals surface area contributed by atoms with Crippen molar-refractivity contribution in [2.24, 2.45) is 11.8 Å². The molecule has 1 saturated carbocycles. The molecule has 7 nitrogen and oxygen atoms in total. The molecule has 2 aliphatic rings. The van der Waals surface area contributed by atoms with Crippen LogP contribution in [0.4, 0.5) is 0 Å². The van der Waals surface area contributed by atoms with Gasteiger partial charge in [0.05, 0.1) is 18.1 Å². The van der Waals surface area contributed by atoms with E-state index in [0.29, 0.717) is 37.0 Å². The van der Waals surface area contributed by atoms with Crippen molar-refractivity contribution in [1.82, 2.24) is 20.0 Å². The third-order valence-corrected chi connectivity index (χ3v) is 5.13. The number of hydrogen-bond acceptors (Lipinski definition) is 6. The predicted octanol–water partition coefficient (Wildman–Crippen LogP) is 2.36. The number of likely N-dealkylation sites (tertiary alicyclic amines) is 1. The molecule has 26 heavy (non-hydrogen) atoms. The van der Waals surface area contributed by atoms with Crippen molar-refractivity contribution in [3.8, 4) is 0 Å². The molecule has 1 aliphatic carbocycles. The Bertz CT molecular complexity index is 769. The molecule has 7 heteroatoms. The maximum absolute atomic E-state index is 12.9. The Kier molecular flexibility index (Phi) is 4.72. The van der Waals surface area contributed by atoms with Crippen LogP contribution in [-0.4, -0.2) is 52.2 Å². The summed E-state index contributed by atoms with van der Waals surface area (Å²) in [7, 11) is 0. The average Bonchev–Trinajstić information content (AvgIpc) is 3.20. The van der Waals surface area contributed by atoms with Gasteiger partial charge in [0.1, 0.15) is 0 Å². The normalized spacial score (nSPS) is 22.8. The van der Waals surface area contributed by atoms with Gasteiger partial charge >= 0.3 is 0 Å². The Balaban J connectivity index is 1.47. The van der Waals surface area contributed by atoms with Gasteiger partial charge in [-0.25, -0.2) is 0 Å². The number of pyridine rings is 1. The van der Waals surface area contributed by atoms with E-state index < -0.39 is 0 Å². The molecular weight excluding hydrogens is 332 g/mol. The number of carbonyl (C=O) groups excluding carboxylic acids is 1. The molecule has 0 aromatic carbocycles. The molecule has 138 valence electrons. The molecule has 2 fully saturated rings.